The van der Waals surface area contributed by atoms with E-state index < -0.39 is 6.04 Å². The normalized spacial score (nSPS) is 25.2. The minimum absolute atomic E-state index is 0.0476. The summed E-state index contributed by atoms with van der Waals surface area (Å²) >= 11 is 0. The van der Waals surface area contributed by atoms with E-state index in [0.29, 0.717) is 12.3 Å². The third-order valence-electron chi connectivity index (χ3n) is 6.34. The van der Waals surface area contributed by atoms with Crippen LogP contribution in [0.5, 0.6) is 11.5 Å². The molecule has 31 heavy (non-hydrogen) atoms. The van der Waals surface area contributed by atoms with Gasteiger partial charge in [-0.3, -0.25) is 4.79 Å². The summed E-state index contributed by atoms with van der Waals surface area (Å²) < 4.78 is 5.52. The Morgan fingerprint density at radius 3 is 2.58 bits per heavy atom. The number of carbonyl (C=O) groups is 1. The molecule has 4 N–H and O–H groups in total. The number of rotatable bonds is 4. The summed E-state index contributed by atoms with van der Waals surface area (Å²) in [7, 11) is 0. The van der Waals surface area contributed by atoms with Crippen molar-refractivity contribution in [3.63, 3.8) is 0 Å². The maximum absolute atomic E-state index is 13.4. The van der Waals surface area contributed by atoms with Crippen molar-refractivity contribution in [2.45, 2.75) is 38.5 Å². The molecule has 0 saturated carbocycles. The molecule has 3 aromatic rings. The molecule has 0 radical (unpaired) electrons. The molecule has 1 amide bonds. The van der Waals surface area contributed by atoms with Crippen LogP contribution >= 0.6 is 0 Å². The summed E-state index contributed by atoms with van der Waals surface area (Å²) in [6, 6.07) is 13.5. The van der Waals surface area contributed by atoms with Gasteiger partial charge in [-0.05, 0) is 49.2 Å². The summed E-state index contributed by atoms with van der Waals surface area (Å²) in [5.74, 6) is 0.829. The summed E-state index contributed by atoms with van der Waals surface area (Å²) in [5.41, 5.74) is 9.85. The predicted molar refractivity (Wildman–Crippen MR) is 114 cm³/mol. The SMILES string of the molecule is Cc1cc(C)c(O)c(C2NNC3C(=O)N(Cc4ccco4)C(c4cccc(O)c4)C32)c1. The van der Waals surface area contributed by atoms with Crippen LogP contribution < -0.4 is 10.9 Å². The number of likely N-dealkylation sites (tertiary alicyclic amines) is 1. The van der Waals surface area contributed by atoms with Crippen LogP contribution in [0, 0.1) is 19.8 Å². The van der Waals surface area contributed by atoms with Gasteiger partial charge < -0.3 is 19.5 Å². The first-order valence-corrected chi connectivity index (χ1v) is 10.4. The van der Waals surface area contributed by atoms with Crippen LogP contribution in [0.15, 0.2) is 59.2 Å². The van der Waals surface area contributed by atoms with Gasteiger partial charge in [0, 0.05) is 11.5 Å². The Bertz CT molecular complexity index is 1130. The second-order valence-electron chi connectivity index (χ2n) is 8.43. The van der Waals surface area contributed by atoms with E-state index in [1.807, 2.05) is 38.1 Å². The lowest BCUT2D eigenvalue weighted by atomic mass is 9.82. The van der Waals surface area contributed by atoms with Crippen molar-refractivity contribution in [1.29, 1.82) is 0 Å². The molecule has 0 bridgehead atoms. The molecular weight excluding hydrogens is 394 g/mol. The molecule has 7 heteroatoms. The predicted octanol–water partition coefficient (Wildman–Crippen LogP) is 3.23. The van der Waals surface area contributed by atoms with E-state index in [9.17, 15) is 15.0 Å². The second-order valence-corrected chi connectivity index (χ2v) is 8.43. The highest BCUT2D eigenvalue weighted by Gasteiger charge is 2.56. The first-order valence-electron chi connectivity index (χ1n) is 10.4. The molecule has 4 atom stereocenters. The van der Waals surface area contributed by atoms with E-state index in [1.165, 1.54) is 0 Å². The van der Waals surface area contributed by atoms with Crippen molar-refractivity contribution in [1.82, 2.24) is 15.8 Å². The monoisotopic (exact) mass is 419 g/mol. The Morgan fingerprint density at radius 2 is 1.84 bits per heavy atom. The van der Waals surface area contributed by atoms with E-state index >= 15 is 0 Å². The first-order chi connectivity index (χ1) is 14.9. The number of hydrazine groups is 1. The summed E-state index contributed by atoms with van der Waals surface area (Å²) in [6.07, 6.45) is 1.59. The fraction of sp³-hybridized carbons (Fsp3) is 0.292. The first kappa shape index (κ1) is 19.7. The highest BCUT2D eigenvalue weighted by Crippen LogP contribution is 2.49. The molecule has 1 aromatic heterocycles. The van der Waals surface area contributed by atoms with Gasteiger partial charge in [0.25, 0.3) is 0 Å². The molecule has 2 fully saturated rings. The standard InChI is InChI=1S/C24H25N3O4/c1-13-9-14(2)23(29)18(10-13)20-19-21(26-25-20)24(30)27(12-17-7-4-8-31-17)22(19)15-5-3-6-16(28)11-15/h3-11,19-22,25-26,28-29H,12H2,1-2H3. The van der Waals surface area contributed by atoms with Gasteiger partial charge in [0.2, 0.25) is 5.91 Å². The number of amides is 1. The van der Waals surface area contributed by atoms with Crippen LogP contribution in [0.1, 0.15) is 40.1 Å². The number of aryl methyl sites for hydroxylation is 2. The van der Waals surface area contributed by atoms with Gasteiger partial charge >= 0.3 is 0 Å². The zero-order chi connectivity index (χ0) is 21.7. The largest absolute Gasteiger partial charge is 0.508 e. The van der Waals surface area contributed by atoms with Crippen LogP contribution in [-0.4, -0.2) is 27.1 Å². The molecule has 0 aliphatic carbocycles. The molecule has 160 valence electrons. The number of fused-ring (bicyclic) bond motifs is 1. The number of aromatic hydroxyl groups is 2. The van der Waals surface area contributed by atoms with E-state index in [2.05, 4.69) is 10.9 Å². The van der Waals surface area contributed by atoms with Gasteiger partial charge in [-0.1, -0.05) is 29.8 Å². The van der Waals surface area contributed by atoms with E-state index in [0.717, 1.165) is 22.3 Å². The quantitative estimate of drug-likeness (QED) is 0.518. The number of phenolic OH excluding ortho intramolecular Hbond substituents is 2. The zero-order valence-electron chi connectivity index (χ0n) is 17.4. The number of carbonyl (C=O) groups excluding carboxylic acids is 1. The highest BCUT2D eigenvalue weighted by molar-refractivity contribution is 5.86. The fourth-order valence-electron chi connectivity index (χ4n) is 5.05. The van der Waals surface area contributed by atoms with E-state index in [4.69, 9.17) is 4.42 Å². The Labute approximate surface area is 180 Å². The molecule has 5 rings (SSSR count). The molecule has 4 unspecified atom stereocenters. The van der Waals surface area contributed by atoms with Gasteiger partial charge in [0.15, 0.2) is 0 Å². The number of nitrogens with zero attached hydrogens (tertiary/aromatic N) is 1. The molecule has 2 saturated heterocycles. The third-order valence-corrected chi connectivity index (χ3v) is 6.34. The van der Waals surface area contributed by atoms with Gasteiger partial charge in [-0.25, -0.2) is 10.9 Å². The summed E-state index contributed by atoms with van der Waals surface area (Å²) in [6.45, 7) is 4.19. The summed E-state index contributed by atoms with van der Waals surface area (Å²) in [5, 5.41) is 21.0. The van der Waals surface area contributed by atoms with Crippen molar-refractivity contribution in [3.8, 4) is 11.5 Å². The van der Waals surface area contributed by atoms with Crippen molar-refractivity contribution in [3.05, 3.63) is 82.8 Å². The lowest BCUT2D eigenvalue weighted by Gasteiger charge is -2.31. The number of hydrogen-bond acceptors (Lipinski definition) is 6. The van der Waals surface area contributed by atoms with Crippen LogP contribution in [-0.2, 0) is 11.3 Å². The Hall–Kier alpha value is -3.29. The minimum atomic E-state index is -0.465. The maximum Gasteiger partial charge on any atom is 0.242 e. The fourth-order valence-corrected chi connectivity index (χ4v) is 5.05. The number of benzene rings is 2. The molecular formula is C24H25N3O4. The van der Waals surface area contributed by atoms with Gasteiger partial charge in [0.05, 0.1) is 24.9 Å². The van der Waals surface area contributed by atoms with Gasteiger partial charge in [-0.2, -0.15) is 0 Å². The van der Waals surface area contributed by atoms with Gasteiger partial charge in [0.1, 0.15) is 23.3 Å². The topological polar surface area (TPSA) is 98.0 Å². The number of phenols is 2. The number of furan rings is 1. The number of nitrogens with one attached hydrogen (secondary N) is 2. The van der Waals surface area contributed by atoms with Crippen molar-refractivity contribution in [2.75, 3.05) is 0 Å². The molecule has 7 nitrogen and oxygen atoms in total. The van der Waals surface area contributed by atoms with Crippen LogP contribution in [0.4, 0.5) is 0 Å². The molecule has 2 aromatic carbocycles. The van der Waals surface area contributed by atoms with E-state index in [-0.39, 0.29) is 35.4 Å². The minimum Gasteiger partial charge on any atom is -0.508 e. The highest BCUT2D eigenvalue weighted by atomic mass is 16.3. The Morgan fingerprint density at radius 1 is 1.03 bits per heavy atom. The second kappa shape index (κ2) is 7.44. The number of hydrogen-bond donors (Lipinski definition) is 4. The molecule has 2 aliphatic heterocycles. The average Bonchev–Trinajstić information content (AvgIpc) is 3.45. The van der Waals surface area contributed by atoms with Gasteiger partial charge in [-0.15, -0.1) is 0 Å². The molecule has 3 heterocycles. The molecule has 0 spiro atoms. The van der Waals surface area contributed by atoms with Crippen LogP contribution in [0.25, 0.3) is 0 Å². The van der Waals surface area contributed by atoms with Crippen molar-refractivity contribution >= 4 is 5.91 Å². The zero-order valence-corrected chi connectivity index (χ0v) is 17.4. The van der Waals surface area contributed by atoms with Crippen molar-refractivity contribution in [2.24, 2.45) is 5.92 Å². The lowest BCUT2D eigenvalue weighted by molar-refractivity contribution is -0.131. The summed E-state index contributed by atoms with van der Waals surface area (Å²) in [4.78, 5) is 15.2. The smallest absolute Gasteiger partial charge is 0.242 e. The Kier molecular flexibility index (Phi) is 4.72. The van der Waals surface area contributed by atoms with Crippen LogP contribution in [0.2, 0.25) is 0 Å². The van der Waals surface area contributed by atoms with Crippen molar-refractivity contribution < 1.29 is 19.4 Å². The van der Waals surface area contributed by atoms with Crippen LogP contribution in [0.3, 0.4) is 0 Å². The third kappa shape index (κ3) is 3.26. The molecule has 2 aliphatic rings. The average molecular weight is 419 g/mol. The Balaban J connectivity index is 1.61. The van der Waals surface area contributed by atoms with E-state index in [1.54, 1.807) is 35.4 Å². The lowest BCUT2D eigenvalue weighted by Crippen LogP contribution is -2.41. The maximum atomic E-state index is 13.4.